The third-order valence-electron chi connectivity index (χ3n) is 3.37. The molecule has 1 unspecified atom stereocenters. The highest BCUT2D eigenvalue weighted by Gasteiger charge is 2.36. The van der Waals surface area contributed by atoms with Crippen LogP contribution in [-0.2, 0) is 19.9 Å². The number of hydrogen-bond acceptors (Lipinski definition) is 5. The van der Waals surface area contributed by atoms with Crippen LogP contribution in [0.25, 0.3) is 0 Å². The van der Waals surface area contributed by atoms with Crippen LogP contribution in [0.5, 0.6) is 0 Å². The van der Waals surface area contributed by atoms with E-state index in [1.54, 1.807) is 0 Å². The second-order valence-corrected chi connectivity index (χ2v) is 8.99. The van der Waals surface area contributed by atoms with Crippen molar-refractivity contribution in [3.8, 4) is 0 Å². The molecule has 6 nitrogen and oxygen atoms in total. The highest BCUT2D eigenvalue weighted by atomic mass is 32.2. The van der Waals surface area contributed by atoms with Crippen molar-refractivity contribution in [2.45, 2.75) is 17.4 Å². The third-order valence-corrected chi connectivity index (χ3v) is 7.02. The maximum Gasteiger partial charge on any atom is 0.243 e. The average Bonchev–Trinajstić information content (AvgIpc) is 2.72. The molecule has 0 saturated carbocycles. The molecule has 0 bridgehead atoms. The van der Waals surface area contributed by atoms with Gasteiger partial charge < -0.3 is 5.73 Å². The van der Waals surface area contributed by atoms with Crippen molar-refractivity contribution in [2.75, 3.05) is 24.3 Å². The number of nitrogen functional groups attached to an aromatic ring is 1. The Bertz CT molecular complexity index is 731. The van der Waals surface area contributed by atoms with E-state index < -0.39 is 31.7 Å². The summed E-state index contributed by atoms with van der Waals surface area (Å²) in [6.45, 7) is 0. The second kappa shape index (κ2) is 4.97. The van der Waals surface area contributed by atoms with Crippen LogP contribution in [0.1, 0.15) is 6.42 Å². The van der Waals surface area contributed by atoms with E-state index in [1.807, 2.05) is 0 Å². The van der Waals surface area contributed by atoms with Gasteiger partial charge in [-0.25, -0.2) is 21.2 Å². The van der Waals surface area contributed by atoms with Gasteiger partial charge in [0.25, 0.3) is 0 Å². The smallest absolute Gasteiger partial charge is 0.243 e. The van der Waals surface area contributed by atoms with Gasteiger partial charge in [-0.2, -0.15) is 4.31 Å². The summed E-state index contributed by atoms with van der Waals surface area (Å²) in [7, 11) is -5.76. The molecular formula is C11H15FN2O4S2. The lowest BCUT2D eigenvalue weighted by Gasteiger charge is -2.22. The van der Waals surface area contributed by atoms with Gasteiger partial charge in [0.05, 0.1) is 22.1 Å². The second-order valence-electron chi connectivity index (χ2n) is 4.76. The minimum absolute atomic E-state index is 0.0247. The molecule has 20 heavy (non-hydrogen) atoms. The minimum atomic E-state index is -3.89. The van der Waals surface area contributed by atoms with Crippen molar-refractivity contribution in [3.05, 3.63) is 24.0 Å². The molecule has 0 aliphatic carbocycles. The Morgan fingerprint density at radius 3 is 2.55 bits per heavy atom. The monoisotopic (exact) mass is 322 g/mol. The number of nitrogens with zero attached hydrogens (tertiary/aromatic N) is 1. The van der Waals surface area contributed by atoms with Crippen LogP contribution in [0.2, 0.25) is 0 Å². The lowest BCUT2D eigenvalue weighted by atomic mass is 10.3. The van der Waals surface area contributed by atoms with Crippen LogP contribution < -0.4 is 5.73 Å². The zero-order valence-electron chi connectivity index (χ0n) is 10.8. The Morgan fingerprint density at radius 2 is 2.05 bits per heavy atom. The number of rotatable bonds is 3. The van der Waals surface area contributed by atoms with Crippen LogP contribution >= 0.6 is 0 Å². The van der Waals surface area contributed by atoms with E-state index in [0.717, 1.165) is 22.5 Å². The summed E-state index contributed by atoms with van der Waals surface area (Å²) in [6, 6.07) is 2.52. The molecule has 1 aliphatic rings. The van der Waals surface area contributed by atoms with E-state index in [-0.39, 0.29) is 28.5 Å². The summed E-state index contributed by atoms with van der Waals surface area (Å²) in [5.74, 6) is -0.919. The summed E-state index contributed by atoms with van der Waals surface area (Å²) in [5.41, 5.74) is 5.09. The van der Waals surface area contributed by atoms with Gasteiger partial charge >= 0.3 is 0 Å². The topological polar surface area (TPSA) is 97.5 Å². The van der Waals surface area contributed by atoms with Crippen molar-refractivity contribution in [1.29, 1.82) is 0 Å². The molecule has 1 fully saturated rings. The van der Waals surface area contributed by atoms with E-state index in [9.17, 15) is 21.2 Å². The van der Waals surface area contributed by atoms with Gasteiger partial charge in [0, 0.05) is 13.1 Å². The van der Waals surface area contributed by atoms with Gasteiger partial charge in [0.2, 0.25) is 10.0 Å². The van der Waals surface area contributed by atoms with Gasteiger partial charge in [-0.3, -0.25) is 0 Å². The molecule has 0 aromatic heterocycles. The molecule has 2 N–H and O–H groups in total. The van der Waals surface area contributed by atoms with Crippen molar-refractivity contribution in [3.63, 3.8) is 0 Å². The predicted octanol–water partition coefficient (Wildman–Crippen LogP) is 0.215. The lowest BCUT2D eigenvalue weighted by Crippen LogP contribution is -2.37. The molecule has 0 spiro atoms. The first kappa shape index (κ1) is 15.2. The molecule has 9 heteroatoms. The van der Waals surface area contributed by atoms with E-state index in [2.05, 4.69) is 0 Å². The van der Waals surface area contributed by atoms with Crippen molar-refractivity contribution in [1.82, 2.24) is 4.31 Å². The van der Waals surface area contributed by atoms with Gasteiger partial charge in [0.1, 0.15) is 5.82 Å². The largest absolute Gasteiger partial charge is 0.396 e. The Kier molecular flexibility index (Phi) is 3.78. The molecule has 0 amide bonds. The van der Waals surface area contributed by atoms with Crippen LogP contribution in [0.15, 0.2) is 23.1 Å². The molecule has 0 radical (unpaired) electrons. The maximum absolute atomic E-state index is 13.1. The van der Waals surface area contributed by atoms with Gasteiger partial charge in [0.15, 0.2) is 9.84 Å². The van der Waals surface area contributed by atoms with Gasteiger partial charge in [-0.1, -0.05) is 0 Å². The van der Waals surface area contributed by atoms with E-state index >= 15 is 0 Å². The normalized spacial score (nSPS) is 22.2. The molecule has 112 valence electrons. The van der Waals surface area contributed by atoms with Crippen LogP contribution in [0.4, 0.5) is 10.1 Å². The number of sulfonamides is 1. The summed E-state index contributed by atoms with van der Waals surface area (Å²) in [5, 5.41) is 0. The van der Waals surface area contributed by atoms with Crippen LogP contribution in [-0.4, -0.2) is 45.7 Å². The summed E-state index contributed by atoms with van der Waals surface area (Å²) >= 11 is 0. The van der Waals surface area contributed by atoms with Crippen LogP contribution in [0.3, 0.4) is 0 Å². The van der Waals surface area contributed by atoms with Crippen molar-refractivity contribution >= 4 is 25.5 Å². The van der Waals surface area contributed by atoms with Crippen LogP contribution in [0, 0.1) is 5.82 Å². The molecule has 1 atom stereocenters. The number of benzene rings is 1. The minimum Gasteiger partial charge on any atom is -0.396 e. The SMILES string of the molecule is CN(C1CCS(=O)(=O)C1)S(=O)(=O)c1ccc(F)c(N)c1. The van der Waals surface area contributed by atoms with Crippen molar-refractivity contribution < 1.29 is 21.2 Å². The molecule has 1 aromatic rings. The Morgan fingerprint density at radius 1 is 1.40 bits per heavy atom. The standard InChI is InChI=1S/C11H15FN2O4S2/c1-14(8-4-5-19(15,16)7-8)20(17,18)9-2-3-10(12)11(13)6-9/h2-3,6,8H,4-5,7,13H2,1H3. The molecule has 2 rings (SSSR count). The highest BCUT2D eigenvalue weighted by molar-refractivity contribution is 7.92. The zero-order chi connectivity index (χ0) is 15.1. The summed E-state index contributed by atoms with van der Waals surface area (Å²) in [4.78, 5) is -0.150. The molecule has 1 heterocycles. The number of hydrogen-bond donors (Lipinski definition) is 1. The maximum atomic E-state index is 13.1. The quantitative estimate of drug-likeness (QED) is 0.803. The Labute approximate surface area is 117 Å². The van der Waals surface area contributed by atoms with E-state index in [4.69, 9.17) is 5.73 Å². The lowest BCUT2D eigenvalue weighted by molar-refractivity contribution is 0.394. The zero-order valence-corrected chi connectivity index (χ0v) is 12.4. The number of sulfone groups is 1. The van der Waals surface area contributed by atoms with E-state index in [0.29, 0.717) is 0 Å². The first-order valence-electron chi connectivity index (χ1n) is 5.87. The summed E-state index contributed by atoms with van der Waals surface area (Å²) in [6.07, 6.45) is 0.259. The number of anilines is 1. The first-order chi connectivity index (χ1) is 9.13. The average molecular weight is 322 g/mol. The summed E-state index contributed by atoms with van der Waals surface area (Å²) < 4.78 is 61.6. The fourth-order valence-electron chi connectivity index (χ4n) is 2.11. The Hall–Kier alpha value is -1.19. The molecule has 1 aromatic carbocycles. The van der Waals surface area contributed by atoms with Gasteiger partial charge in [-0.15, -0.1) is 0 Å². The van der Waals surface area contributed by atoms with Crippen molar-refractivity contribution in [2.24, 2.45) is 0 Å². The fourth-order valence-corrected chi connectivity index (χ4v) is 5.40. The number of halogens is 1. The van der Waals surface area contributed by atoms with E-state index in [1.165, 1.54) is 7.05 Å². The predicted molar refractivity (Wildman–Crippen MR) is 72.8 cm³/mol. The molecular weight excluding hydrogens is 307 g/mol. The third kappa shape index (κ3) is 2.79. The van der Waals surface area contributed by atoms with Gasteiger partial charge in [-0.05, 0) is 24.6 Å². The first-order valence-corrected chi connectivity index (χ1v) is 9.13. The highest BCUT2D eigenvalue weighted by Crippen LogP contribution is 2.25. The molecule has 1 aliphatic heterocycles. The Balaban J connectivity index is 2.32. The molecule has 1 saturated heterocycles. The fraction of sp³-hybridized carbons (Fsp3) is 0.455. The number of nitrogens with two attached hydrogens (primary N) is 1.